The molecule has 0 heteroatoms. The van der Waals surface area contributed by atoms with Crippen molar-refractivity contribution in [3.63, 3.8) is 0 Å². The lowest BCUT2D eigenvalue weighted by Crippen LogP contribution is -1.96. The van der Waals surface area contributed by atoms with Crippen LogP contribution in [0.5, 0.6) is 0 Å². The van der Waals surface area contributed by atoms with Crippen LogP contribution in [0.1, 0.15) is 40.7 Å². The highest BCUT2D eigenvalue weighted by Crippen LogP contribution is 2.42. The molecule has 0 radical (unpaired) electrons. The number of allylic oxidation sites excluding steroid dienone is 1. The van der Waals surface area contributed by atoms with Crippen LogP contribution < -0.4 is 0 Å². The van der Waals surface area contributed by atoms with Gasteiger partial charge in [-0.05, 0) is 47.2 Å². The van der Waals surface area contributed by atoms with Crippen molar-refractivity contribution in [2.24, 2.45) is 0 Å². The van der Waals surface area contributed by atoms with Crippen LogP contribution >= 0.6 is 0 Å². The number of hydrogen-bond donors (Lipinski definition) is 0. The summed E-state index contributed by atoms with van der Waals surface area (Å²) in [5, 5.41) is 0. The molecule has 1 aliphatic carbocycles. The summed E-state index contributed by atoms with van der Waals surface area (Å²) in [6, 6.07) is 15.3. The average Bonchev–Trinajstić information content (AvgIpc) is 2.71. The predicted octanol–water partition coefficient (Wildman–Crippen LogP) is 4.96. The van der Waals surface area contributed by atoms with Crippen molar-refractivity contribution in [3.8, 4) is 0 Å². The van der Waals surface area contributed by atoms with Gasteiger partial charge in [-0.15, -0.1) is 0 Å². The molecule has 1 aliphatic rings. The molecule has 0 fully saturated rings. The van der Waals surface area contributed by atoms with Crippen LogP contribution in [0.3, 0.4) is 0 Å². The van der Waals surface area contributed by atoms with Gasteiger partial charge in [-0.25, -0.2) is 0 Å². The Morgan fingerprint density at radius 2 is 1.67 bits per heavy atom. The third-order valence-electron chi connectivity index (χ3n) is 4.16. The van der Waals surface area contributed by atoms with E-state index in [9.17, 15) is 0 Å². The minimum atomic E-state index is 0.502. The van der Waals surface area contributed by atoms with Crippen molar-refractivity contribution in [2.45, 2.75) is 26.7 Å². The van der Waals surface area contributed by atoms with Crippen molar-refractivity contribution in [1.82, 2.24) is 0 Å². The summed E-state index contributed by atoms with van der Waals surface area (Å²) in [7, 11) is 0. The zero-order valence-electron chi connectivity index (χ0n) is 11.2. The Hall–Kier alpha value is -1.82. The van der Waals surface area contributed by atoms with Gasteiger partial charge in [-0.2, -0.15) is 0 Å². The molecule has 90 valence electrons. The highest BCUT2D eigenvalue weighted by molar-refractivity contribution is 5.92. The lowest BCUT2D eigenvalue weighted by atomic mass is 9.89. The maximum absolute atomic E-state index is 2.35. The van der Waals surface area contributed by atoms with Gasteiger partial charge < -0.3 is 0 Å². The molecule has 0 aliphatic heterocycles. The van der Waals surface area contributed by atoms with E-state index in [1.165, 1.54) is 33.4 Å². The second-order valence-electron chi connectivity index (χ2n) is 5.20. The highest BCUT2D eigenvalue weighted by Gasteiger charge is 2.22. The number of rotatable bonds is 1. The van der Waals surface area contributed by atoms with Gasteiger partial charge in [-0.1, -0.05) is 55.5 Å². The first-order valence-corrected chi connectivity index (χ1v) is 6.55. The van der Waals surface area contributed by atoms with Gasteiger partial charge in [0, 0.05) is 5.92 Å². The molecule has 0 nitrogen and oxygen atoms in total. The normalized spacial score (nSPS) is 17.5. The van der Waals surface area contributed by atoms with E-state index < -0.39 is 0 Å². The zero-order valence-corrected chi connectivity index (χ0v) is 11.2. The molecule has 1 unspecified atom stereocenters. The van der Waals surface area contributed by atoms with Crippen LogP contribution in [0.25, 0.3) is 11.6 Å². The average molecular weight is 234 g/mol. The Morgan fingerprint density at radius 3 is 2.44 bits per heavy atom. The quantitative estimate of drug-likeness (QED) is 0.654. The molecule has 0 spiro atoms. The summed E-state index contributed by atoms with van der Waals surface area (Å²) < 4.78 is 0. The number of benzene rings is 2. The number of fused-ring (bicyclic) bond motifs is 1. The molecule has 0 aromatic heterocycles. The number of aryl methyl sites for hydroxylation is 1. The molecule has 3 rings (SSSR count). The SMILES string of the molecule is Cc1cccc(C2=Cc3ccccc3C2C)c1C. The lowest BCUT2D eigenvalue weighted by Gasteiger charge is -2.15. The first-order chi connectivity index (χ1) is 8.68. The van der Waals surface area contributed by atoms with E-state index in [-0.39, 0.29) is 0 Å². The molecule has 0 N–H and O–H groups in total. The van der Waals surface area contributed by atoms with E-state index in [1.807, 2.05) is 0 Å². The van der Waals surface area contributed by atoms with E-state index in [2.05, 4.69) is 69.3 Å². The molecular formula is C18H18. The third-order valence-corrected chi connectivity index (χ3v) is 4.16. The zero-order chi connectivity index (χ0) is 12.7. The molecule has 0 saturated carbocycles. The molecule has 0 heterocycles. The fraction of sp³-hybridized carbons (Fsp3) is 0.222. The van der Waals surface area contributed by atoms with Gasteiger partial charge in [0.15, 0.2) is 0 Å². The second kappa shape index (κ2) is 4.13. The monoisotopic (exact) mass is 234 g/mol. The van der Waals surface area contributed by atoms with E-state index in [0.29, 0.717) is 5.92 Å². The summed E-state index contributed by atoms with van der Waals surface area (Å²) >= 11 is 0. The minimum absolute atomic E-state index is 0.502. The van der Waals surface area contributed by atoms with Gasteiger partial charge in [0.2, 0.25) is 0 Å². The fourth-order valence-corrected chi connectivity index (χ4v) is 2.87. The van der Waals surface area contributed by atoms with Crippen LogP contribution in [-0.2, 0) is 0 Å². The second-order valence-corrected chi connectivity index (χ2v) is 5.20. The maximum atomic E-state index is 2.35. The summed E-state index contributed by atoms with van der Waals surface area (Å²) in [5.41, 5.74) is 8.46. The van der Waals surface area contributed by atoms with Crippen molar-refractivity contribution in [1.29, 1.82) is 0 Å². The van der Waals surface area contributed by atoms with E-state index in [0.717, 1.165) is 0 Å². The Kier molecular flexibility index (Phi) is 2.59. The fourth-order valence-electron chi connectivity index (χ4n) is 2.87. The maximum Gasteiger partial charge on any atom is 0.00731 e. The first kappa shape index (κ1) is 11.3. The summed E-state index contributed by atoms with van der Waals surface area (Å²) in [5.74, 6) is 0.502. The Balaban J connectivity index is 2.14. The standard InChI is InChI=1S/C18H18/c1-12-7-6-10-17(13(12)2)18-11-15-8-4-5-9-16(15)14(18)3/h4-11,14H,1-3H3. The van der Waals surface area contributed by atoms with Crippen LogP contribution in [0.2, 0.25) is 0 Å². The van der Waals surface area contributed by atoms with Gasteiger partial charge in [0.05, 0.1) is 0 Å². The molecule has 1 atom stereocenters. The Morgan fingerprint density at radius 1 is 0.889 bits per heavy atom. The van der Waals surface area contributed by atoms with Gasteiger partial charge >= 0.3 is 0 Å². The van der Waals surface area contributed by atoms with Crippen molar-refractivity contribution >= 4 is 11.6 Å². The van der Waals surface area contributed by atoms with Crippen LogP contribution in [0.4, 0.5) is 0 Å². The largest absolute Gasteiger partial charge is 0.0619 e. The smallest absolute Gasteiger partial charge is 0.00731 e. The highest BCUT2D eigenvalue weighted by atomic mass is 14.3. The third kappa shape index (κ3) is 1.60. The van der Waals surface area contributed by atoms with Crippen LogP contribution in [-0.4, -0.2) is 0 Å². The summed E-state index contributed by atoms with van der Waals surface area (Å²) in [6.45, 7) is 6.72. The van der Waals surface area contributed by atoms with E-state index in [1.54, 1.807) is 0 Å². The van der Waals surface area contributed by atoms with E-state index in [4.69, 9.17) is 0 Å². The van der Waals surface area contributed by atoms with Gasteiger partial charge in [0.1, 0.15) is 0 Å². The van der Waals surface area contributed by atoms with Crippen molar-refractivity contribution < 1.29 is 0 Å². The predicted molar refractivity (Wildman–Crippen MR) is 78.6 cm³/mol. The molecule has 2 aromatic rings. The molecule has 0 saturated heterocycles. The summed E-state index contributed by atoms with van der Waals surface area (Å²) in [6.07, 6.45) is 2.35. The molecular weight excluding hydrogens is 216 g/mol. The molecule has 0 amide bonds. The molecule has 2 aromatic carbocycles. The minimum Gasteiger partial charge on any atom is -0.0619 e. The van der Waals surface area contributed by atoms with Gasteiger partial charge in [-0.3, -0.25) is 0 Å². The van der Waals surface area contributed by atoms with Gasteiger partial charge in [0.25, 0.3) is 0 Å². The molecule has 18 heavy (non-hydrogen) atoms. The molecule has 0 bridgehead atoms. The Bertz CT molecular complexity index is 632. The van der Waals surface area contributed by atoms with Crippen LogP contribution in [0.15, 0.2) is 42.5 Å². The topological polar surface area (TPSA) is 0 Å². The van der Waals surface area contributed by atoms with Crippen molar-refractivity contribution in [2.75, 3.05) is 0 Å². The van der Waals surface area contributed by atoms with Crippen molar-refractivity contribution in [3.05, 3.63) is 70.3 Å². The first-order valence-electron chi connectivity index (χ1n) is 6.55. The van der Waals surface area contributed by atoms with Crippen LogP contribution in [0, 0.1) is 13.8 Å². The van der Waals surface area contributed by atoms with E-state index >= 15 is 0 Å². The summed E-state index contributed by atoms with van der Waals surface area (Å²) in [4.78, 5) is 0. The number of hydrogen-bond acceptors (Lipinski definition) is 0. The lowest BCUT2D eigenvalue weighted by molar-refractivity contribution is 1.00. The Labute approximate surface area is 109 Å².